The molecule has 4 atom stereocenters. The average molecular weight is 460 g/mol. The third-order valence-corrected chi connectivity index (χ3v) is 5.99. The SMILES string of the molecule is CN=C(NC1CCc2ncnn2C1)NC1C2CCCOC2C1(C)C.I. The van der Waals surface area contributed by atoms with Gasteiger partial charge in [0, 0.05) is 43.5 Å². The summed E-state index contributed by atoms with van der Waals surface area (Å²) in [6, 6.07) is 0.756. The molecule has 1 aromatic rings. The molecule has 25 heavy (non-hydrogen) atoms. The number of ether oxygens (including phenoxy) is 1. The molecule has 1 saturated heterocycles. The van der Waals surface area contributed by atoms with Crippen molar-refractivity contribution in [2.24, 2.45) is 16.3 Å². The van der Waals surface area contributed by atoms with E-state index in [1.54, 1.807) is 6.33 Å². The molecular formula is C17H29IN6O. The van der Waals surface area contributed by atoms with Gasteiger partial charge in [0.15, 0.2) is 5.96 Å². The number of guanidine groups is 1. The summed E-state index contributed by atoms with van der Waals surface area (Å²) in [5, 5.41) is 11.5. The first-order valence-electron chi connectivity index (χ1n) is 9.07. The van der Waals surface area contributed by atoms with E-state index in [1.807, 2.05) is 11.7 Å². The summed E-state index contributed by atoms with van der Waals surface area (Å²) in [5.41, 5.74) is 0.147. The van der Waals surface area contributed by atoms with E-state index in [0.29, 0.717) is 24.1 Å². The van der Waals surface area contributed by atoms with Crippen molar-refractivity contribution in [3.05, 3.63) is 12.2 Å². The van der Waals surface area contributed by atoms with E-state index in [-0.39, 0.29) is 29.4 Å². The number of halogens is 1. The van der Waals surface area contributed by atoms with E-state index in [4.69, 9.17) is 4.74 Å². The Morgan fingerprint density at radius 3 is 3.00 bits per heavy atom. The monoisotopic (exact) mass is 460 g/mol. The maximum Gasteiger partial charge on any atom is 0.191 e. The number of aliphatic imine (C=N–C) groups is 1. The molecule has 2 fully saturated rings. The van der Waals surface area contributed by atoms with Gasteiger partial charge in [-0.15, -0.1) is 24.0 Å². The van der Waals surface area contributed by atoms with Crippen LogP contribution >= 0.6 is 24.0 Å². The fourth-order valence-corrected chi connectivity index (χ4v) is 4.68. The Bertz CT molecular complexity index is 630. The maximum absolute atomic E-state index is 6.00. The molecule has 0 amide bonds. The molecular weight excluding hydrogens is 431 g/mol. The molecule has 140 valence electrons. The molecule has 2 N–H and O–H groups in total. The van der Waals surface area contributed by atoms with Crippen molar-refractivity contribution in [1.82, 2.24) is 25.4 Å². The normalized spacial score (nSPS) is 33.3. The molecule has 1 aromatic heterocycles. The van der Waals surface area contributed by atoms with Gasteiger partial charge in [-0.05, 0) is 19.3 Å². The van der Waals surface area contributed by atoms with Gasteiger partial charge in [0.05, 0.1) is 12.6 Å². The number of hydrogen-bond donors (Lipinski definition) is 2. The lowest BCUT2D eigenvalue weighted by molar-refractivity contribution is -0.188. The van der Waals surface area contributed by atoms with E-state index >= 15 is 0 Å². The van der Waals surface area contributed by atoms with Crippen molar-refractivity contribution in [3.8, 4) is 0 Å². The first-order chi connectivity index (χ1) is 11.6. The Morgan fingerprint density at radius 1 is 1.36 bits per heavy atom. The maximum atomic E-state index is 6.00. The summed E-state index contributed by atoms with van der Waals surface area (Å²) in [6.45, 7) is 6.35. The van der Waals surface area contributed by atoms with Gasteiger partial charge in [-0.2, -0.15) is 5.10 Å². The lowest BCUT2D eigenvalue weighted by Crippen LogP contribution is -2.71. The summed E-state index contributed by atoms with van der Waals surface area (Å²) >= 11 is 0. The minimum atomic E-state index is 0. The van der Waals surface area contributed by atoms with Crippen LogP contribution in [-0.2, 0) is 17.7 Å². The number of rotatable bonds is 2. The number of nitrogens with one attached hydrogen (secondary N) is 2. The molecule has 0 aromatic carbocycles. The second-order valence-electron chi connectivity index (χ2n) is 7.85. The Balaban J connectivity index is 0.00000182. The predicted octanol–water partition coefficient (Wildman–Crippen LogP) is 1.58. The Morgan fingerprint density at radius 2 is 2.20 bits per heavy atom. The molecule has 0 spiro atoms. The summed E-state index contributed by atoms with van der Waals surface area (Å²) < 4.78 is 7.99. The molecule has 2 aliphatic heterocycles. The predicted molar refractivity (Wildman–Crippen MR) is 107 cm³/mol. The largest absolute Gasteiger partial charge is 0.377 e. The number of fused-ring (bicyclic) bond motifs is 2. The molecule has 4 rings (SSSR count). The van der Waals surface area contributed by atoms with Crippen molar-refractivity contribution >= 4 is 29.9 Å². The van der Waals surface area contributed by atoms with Crippen LogP contribution in [0.1, 0.15) is 38.9 Å². The number of aromatic nitrogens is 3. The number of hydrogen-bond acceptors (Lipinski definition) is 4. The summed E-state index contributed by atoms with van der Waals surface area (Å²) in [6.07, 6.45) is 6.46. The van der Waals surface area contributed by atoms with Crippen LogP contribution < -0.4 is 10.6 Å². The van der Waals surface area contributed by atoms with Crippen molar-refractivity contribution in [2.75, 3.05) is 13.7 Å². The lowest BCUT2D eigenvalue weighted by Gasteiger charge is -2.60. The van der Waals surface area contributed by atoms with E-state index < -0.39 is 0 Å². The van der Waals surface area contributed by atoms with Crippen LogP contribution in [0, 0.1) is 11.3 Å². The molecule has 8 heteroatoms. The molecule has 1 saturated carbocycles. The first kappa shape index (κ1) is 18.9. The van der Waals surface area contributed by atoms with Gasteiger partial charge in [0.2, 0.25) is 0 Å². The zero-order valence-corrected chi connectivity index (χ0v) is 17.6. The van der Waals surface area contributed by atoms with Crippen LogP contribution in [-0.4, -0.2) is 52.6 Å². The van der Waals surface area contributed by atoms with Crippen LogP contribution in [0.4, 0.5) is 0 Å². The van der Waals surface area contributed by atoms with Crippen LogP contribution in [0.15, 0.2) is 11.3 Å². The van der Waals surface area contributed by atoms with Crippen molar-refractivity contribution in [2.45, 2.75) is 64.3 Å². The molecule has 0 bridgehead atoms. The molecule has 3 heterocycles. The molecule has 3 aliphatic rings. The van der Waals surface area contributed by atoms with Crippen LogP contribution in [0.2, 0.25) is 0 Å². The molecule has 0 radical (unpaired) electrons. The van der Waals surface area contributed by atoms with Crippen molar-refractivity contribution < 1.29 is 4.74 Å². The van der Waals surface area contributed by atoms with Gasteiger partial charge in [0.1, 0.15) is 12.2 Å². The van der Waals surface area contributed by atoms with Gasteiger partial charge < -0.3 is 15.4 Å². The van der Waals surface area contributed by atoms with Gasteiger partial charge in [-0.1, -0.05) is 13.8 Å². The van der Waals surface area contributed by atoms with Gasteiger partial charge in [-0.3, -0.25) is 4.99 Å². The first-order valence-corrected chi connectivity index (χ1v) is 9.07. The van der Waals surface area contributed by atoms with Crippen LogP contribution in [0.25, 0.3) is 0 Å². The highest BCUT2D eigenvalue weighted by Crippen LogP contribution is 2.51. The summed E-state index contributed by atoms with van der Waals surface area (Å²) in [7, 11) is 1.85. The van der Waals surface area contributed by atoms with E-state index in [0.717, 1.165) is 37.8 Å². The lowest BCUT2D eigenvalue weighted by atomic mass is 9.55. The van der Waals surface area contributed by atoms with E-state index in [9.17, 15) is 0 Å². The average Bonchev–Trinajstić information content (AvgIpc) is 3.06. The van der Waals surface area contributed by atoms with Gasteiger partial charge in [0.25, 0.3) is 0 Å². The number of nitrogens with zero attached hydrogens (tertiary/aromatic N) is 4. The third-order valence-electron chi connectivity index (χ3n) is 5.99. The van der Waals surface area contributed by atoms with E-state index in [1.165, 1.54) is 12.8 Å². The highest BCUT2D eigenvalue weighted by molar-refractivity contribution is 14.0. The number of aryl methyl sites for hydroxylation is 1. The smallest absolute Gasteiger partial charge is 0.191 e. The Labute approximate surface area is 166 Å². The van der Waals surface area contributed by atoms with Crippen molar-refractivity contribution in [1.29, 1.82) is 0 Å². The minimum absolute atomic E-state index is 0. The molecule has 7 nitrogen and oxygen atoms in total. The van der Waals surface area contributed by atoms with E-state index in [2.05, 4.69) is 39.6 Å². The van der Waals surface area contributed by atoms with Crippen LogP contribution in [0.5, 0.6) is 0 Å². The third kappa shape index (κ3) is 3.39. The van der Waals surface area contributed by atoms with Gasteiger partial charge in [-0.25, -0.2) is 9.67 Å². The van der Waals surface area contributed by atoms with Gasteiger partial charge >= 0.3 is 0 Å². The minimum Gasteiger partial charge on any atom is -0.377 e. The summed E-state index contributed by atoms with van der Waals surface area (Å²) in [5.74, 6) is 2.57. The zero-order valence-electron chi connectivity index (χ0n) is 15.2. The van der Waals surface area contributed by atoms with Crippen LogP contribution in [0.3, 0.4) is 0 Å². The topological polar surface area (TPSA) is 76.4 Å². The fraction of sp³-hybridized carbons (Fsp3) is 0.824. The fourth-order valence-electron chi connectivity index (χ4n) is 4.68. The quantitative estimate of drug-likeness (QED) is 0.398. The highest BCUT2D eigenvalue weighted by Gasteiger charge is 2.58. The second kappa shape index (κ2) is 7.38. The Kier molecular flexibility index (Phi) is 5.57. The zero-order chi connectivity index (χ0) is 16.7. The van der Waals surface area contributed by atoms with Crippen molar-refractivity contribution in [3.63, 3.8) is 0 Å². The summed E-state index contributed by atoms with van der Waals surface area (Å²) in [4.78, 5) is 8.75. The Hall–Kier alpha value is -0.900. The highest BCUT2D eigenvalue weighted by atomic mass is 127. The molecule has 4 unspecified atom stereocenters. The second-order valence-corrected chi connectivity index (χ2v) is 7.85. The molecule has 1 aliphatic carbocycles. The standard InChI is InChI=1S/C17H28N6O.HI/c1-17(2)14(12-5-4-8-24-15(12)17)22-16(18-3)21-11-6-7-13-19-10-20-23(13)9-11;/h10-12,14-15H,4-9H2,1-3H3,(H2,18,21,22);1H.